The van der Waals surface area contributed by atoms with E-state index in [1.165, 1.54) is 16.5 Å². The number of rotatable bonds is 5. The van der Waals surface area contributed by atoms with Gasteiger partial charge in [-0.25, -0.2) is 4.98 Å². The van der Waals surface area contributed by atoms with E-state index in [9.17, 15) is 0 Å². The van der Waals surface area contributed by atoms with Gasteiger partial charge in [0.05, 0.1) is 17.6 Å². The van der Waals surface area contributed by atoms with Crippen LogP contribution in [0.2, 0.25) is 0 Å². The minimum Gasteiger partial charge on any atom is -0.454 e. The van der Waals surface area contributed by atoms with Crippen LogP contribution in [0.1, 0.15) is 0 Å². The van der Waals surface area contributed by atoms with Gasteiger partial charge in [-0.15, -0.1) is 0 Å². The highest BCUT2D eigenvalue weighted by molar-refractivity contribution is 6.09. The molecule has 42 heavy (non-hydrogen) atoms. The molecule has 0 aliphatic heterocycles. The number of anilines is 3. The number of benzene rings is 6. The fourth-order valence-corrected chi connectivity index (χ4v) is 5.84. The van der Waals surface area contributed by atoms with Gasteiger partial charge in [0.15, 0.2) is 5.58 Å². The van der Waals surface area contributed by atoms with E-state index in [0.29, 0.717) is 0 Å². The van der Waals surface area contributed by atoms with Crippen LogP contribution in [-0.2, 0) is 0 Å². The van der Waals surface area contributed by atoms with E-state index in [1.807, 2.05) is 12.3 Å². The topological polar surface area (TPSA) is 29.3 Å². The van der Waals surface area contributed by atoms with Crippen LogP contribution < -0.4 is 4.90 Å². The van der Waals surface area contributed by atoms with E-state index >= 15 is 0 Å². The smallest absolute Gasteiger partial charge is 0.155 e. The van der Waals surface area contributed by atoms with Crippen molar-refractivity contribution in [2.75, 3.05) is 4.90 Å². The molecule has 0 aliphatic rings. The molecule has 0 amide bonds. The van der Waals surface area contributed by atoms with E-state index in [4.69, 9.17) is 9.40 Å². The van der Waals surface area contributed by atoms with Gasteiger partial charge in [-0.1, -0.05) is 115 Å². The lowest BCUT2D eigenvalue weighted by molar-refractivity contribution is 0.668. The van der Waals surface area contributed by atoms with Crippen molar-refractivity contribution in [3.05, 3.63) is 158 Å². The second kappa shape index (κ2) is 10.1. The molecule has 0 spiro atoms. The average molecular weight is 539 g/mol. The number of aromatic nitrogens is 1. The van der Waals surface area contributed by atoms with Gasteiger partial charge in [0.1, 0.15) is 11.1 Å². The molecular formula is C39H26N2O. The van der Waals surface area contributed by atoms with Crippen molar-refractivity contribution in [1.29, 1.82) is 0 Å². The summed E-state index contributed by atoms with van der Waals surface area (Å²) in [6.45, 7) is 0. The van der Waals surface area contributed by atoms with Crippen molar-refractivity contribution < 1.29 is 4.42 Å². The summed E-state index contributed by atoms with van der Waals surface area (Å²) < 4.78 is 6.43. The molecule has 8 aromatic rings. The molecular weight excluding hydrogens is 512 g/mol. The Labute approximate surface area is 243 Å². The number of pyridine rings is 1. The normalized spacial score (nSPS) is 11.3. The Bertz CT molecular complexity index is 2180. The van der Waals surface area contributed by atoms with Gasteiger partial charge < -0.3 is 9.32 Å². The number of hydrogen-bond donors (Lipinski definition) is 0. The van der Waals surface area contributed by atoms with Crippen molar-refractivity contribution in [2.45, 2.75) is 0 Å². The van der Waals surface area contributed by atoms with Crippen LogP contribution in [0.15, 0.2) is 162 Å². The Morgan fingerprint density at radius 2 is 1.10 bits per heavy atom. The van der Waals surface area contributed by atoms with Crippen LogP contribution in [0, 0.1) is 0 Å². The fraction of sp³-hybridized carbons (Fsp3) is 0. The van der Waals surface area contributed by atoms with E-state index in [1.54, 1.807) is 0 Å². The van der Waals surface area contributed by atoms with Gasteiger partial charge in [0, 0.05) is 22.7 Å². The van der Waals surface area contributed by atoms with Crippen molar-refractivity contribution in [1.82, 2.24) is 4.98 Å². The standard InChI is InChI=1S/C39H26N2O/c1-3-11-27(12-4-1)28-19-21-32(22-20-28)41(36-18-10-9-17-34(36)29-13-5-2-6-14-29)33-25-38-39(40-26-33)35-23-30-15-7-8-16-31(30)24-37(35)42-38/h1-26H. The molecule has 0 aliphatic carbocycles. The molecule has 3 nitrogen and oxygen atoms in total. The zero-order valence-electron chi connectivity index (χ0n) is 22.8. The highest BCUT2D eigenvalue weighted by Crippen LogP contribution is 2.42. The zero-order valence-corrected chi connectivity index (χ0v) is 22.8. The first kappa shape index (κ1) is 24.2. The van der Waals surface area contributed by atoms with Gasteiger partial charge in [-0.3, -0.25) is 0 Å². The lowest BCUT2D eigenvalue weighted by Crippen LogP contribution is -2.11. The SMILES string of the molecule is c1ccc(-c2ccc(N(c3cnc4c(c3)oc3cc5ccccc5cc34)c3ccccc3-c3ccccc3)cc2)cc1. The fourth-order valence-electron chi connectivity index (χ4n) is 5.84. The lowest BCUT2D eigenvalue weighted by Gasteiger charge is -2.27. The maximum absolute atomic E-state index is 6.43. The molecule has 3 heteroatoms. The molecule has 2 heterocycles. The third-order valence-electron chi connectivity index (χ3n) is 7.88. The first-order valence-corrected chi connectivity index (χ1v) is 14.1. The summed E-state index contributed by atoms with van der Waals surface area (Å²) in [5.41, 5.74) is 10.2. The van der Waals surface area contributed by atoms with E-state index in [2.05, 4.69) is 150 Å². The summed E-state index contributed by atoms with van der Waals surface area (Å²) in [5.74, 6) is 0. The second-order valence-electron chi connectivity index (χ2n) is 10.5. The minimum atomic E-state index is 0.765. The highest BCUT2D eigenvalue weighted by Gasteiger charge is 2.19. The van der Waals surface area contributed by atoms with E-state index < -0.39 is 0 Å². The van der Waals surface area contributed by atoms with Gasteiger partial charge in [0.2, 0.25) is 0 Å². The summed E-state index contributed by atoms with van der Waals surface area (Å²) in [5, 5.41) is 3.36. The molecule has 0 radical (unpaired) electrons. The van der Waals surface area contributed by atoms with Crippen molar-refractivity contribution in [3.63, 3.8) is 0 Å². The molecule has 198 valence electrons. The first-order chi connectivity index (χ1) is 20.8. The Hall–Kier alpha value is -5.67. The molecule has 2 aromatic heterocycles. The number of furan rings is 1. The average Bonchev–Trinajstić information content (AvgIpc) is 3.42. The van der Waals surface area contributed by atoms with Crippen molar-refractivity contribution in [2.24, 2.45) is 0 Å². The maximum atomic E-state index is 6.43. The molecule has 8 rings (SSSR count). The third-order valence-corrected chi connectivity index (χ3v) is 7.88. The molecule has 0 bridgehead atoms. The Kier molecular flexibility index (Phi) is 5.79. The van der Waals surface area contributed by atoms with Gasteiger partial charge in [-0.05, 0) is 57.8 Å². The largest absolute Gasteiger partial charge is 0.454 e. The van der Waals surface area contributed by atoms with Crippen LogP contribution in [0.5, 0.6) is 0 Å². The molecule has 0 saturated carbocycles. The molecule has 0 saturated heterocycles. The molecule has 0 N–H and O–H groups in total. The Balaban J connectivity index is 1.32. The van der Waals surface area contributed by atoms with Crippen LogP contribution >= 0.6 is 0 Å². The predicted molar refractivity (Wildman–Crippen MR) is 175 cm³/mol. The summed E-state index contributed by atoms with van der Waals surface area (Å²) in [4.78, 5) is 7.25. The van der Waals surface area contributed by atoms with Gasteiger partial charge in [0.25, 0.3) is 0 Å². The number of fused-ring (bicyclic) bond motifs is 4. The van der Waals surface area contributed by atoms with Gasteiger partial charge in [-0.2, -0.15) is 0 Å². The van der Waals surface area contributed by atoms with Crippen LogP contribution in [0.4, 0.5) is 17.1 Å². The zero-order chi connectivity index (χ0) is 27.9. The van der Waals surface area contributed by atoms with Crippen LogP contribution in [0.3, 0.4) is 0 Å². The summed E-state index contributed by atoms with van der Waals surface area (Å²) in [6.07, 6.45) is 1.96. The van der Waals surface area contributed by atoms with Gasteiger partial charge >= 0.3 is 0 Å². The highest BCUT2D eigenvalue weighted by atomic mass is 16.3. The van der Waals surface area contributed by atoms with Crippen LogP contribution in [-0.4, -0.2) is 4.98 Å². The number of hydrogen-bond acceptors (Lipinski definition) is 3. The quantitative estimate of drug-likeness (QED) is 0.218. The lowest BCUT2D eigenvalue weighted by atomic mass is 10.0. The number of nitrogens with zero attached hydrogens (tertiary/aromatic N) is 2. The Morgan fingerprint density at radius 3 is 1.86 bits per heavy atom. The monoisotopic (exact) mass is 538 g/mol. The second-order valence-corrected chi connectivity index (χ2v) is 10.5. The Morgan fingerprint density at radius 1 is 0.476 bits per heavy atom. The van der Waals surface area contributed by atoms with E-state index in [-0.39, 0.29) is 0 Å². The molecule has 0 unspecified atom stereocenters. The summed E-state index contributed by atoms with van der Waals surface area (Å²) in [6, 6.07) is 53.0. The third kappa shape index (κ3) is 4.20. The summed E-state index contributed by atoms with van der Waals surface area (Å²) >= 11 is 0. The predicted octanol–water partition coefficient (Wildman–Crippen LogP) is 10.9. The first-order valence-electron chi connectivity index (χ1n) is 14.1. The van der Waals surface area contributed by atoms with Crippen molar-refractivity contribution >= 4 is 49.9 Å². The molecule has 6 aromatic carbocycles. The molecule has 0 fully saturated rings. The maximum Gasteiger partial charge on any atom is 0.155 e. The number of para-hydroxylation sites is 1. The minimum absolute atomic E-state index is 0.765. The summed E-state index contributed by atoms with van der Waals surface area (Å²) in [7, 11) is 0. The van der Waals surface area contributed by atoms with Crippen LogP contribution in [0.25, 0.3) is 55.1 Å². The molecule has 0 atom stereocenters. The van der Waals surface area contributed by atoms with E-state index in [0.717, 1.165) is 55.6 Å². The van der Waals surface area contributed by atoms with Crippen molar-refractivity contribution in [3.8, 4) is 22.3 Å².